The van der Waals surface area contributed by atoms with Crippen molar-refractivity contribution < 1.29 is 5.11 Å². The SMILES string of the molecule is CC(C(O)c1ccc2c(c1)CCCS2)N1CCC(Cc2ccccc2)CC1. The second kappa shape index (κ2) is 8.81. The zero-order valence-corrected chi connectivity index (χ0v) is 17.1. The minimum absolute atomic E-state index is 0.178. The predicted octanol–water partition coefficient (Wildman–Crippen LogP) is 5.10. The van der Waals surface area contributed by atoms with Crippen molar-refractivity contribution in [1.82, 2.24) is 4.90 Å². The van der Waals surface area contributed by atoms with Gasteiger partial charge in [-0.05, 0) is 86.5 Å². The van der Waals surface area contributed by atoms with Gasteiger partial charge in [-0.3, -0.25) is 4.90 Å². The van der Waals surface area contributed by atoms with Gasteiger partial charge in [-0.1, -0.05) is 42.5 Å². The molecule has 2 atom stereocenters. The van der Waals surface area contributed by atoms with Crippen LogP contribution < -0.4 is 0 Å². The van der Waals surface area contributed by atoms with Gasteiger partial charge in [0.25, 0.3) is 0 Å². The van der Waals surface area contributed by atoms with Crippen LogP contribution in [0.2, 0.25) is 0 Å². The fourth-order valence-electron chi connectivity index (χ4n) is 4.55. The Bertz CT molecular complexity index is 739. The first-order valence-electron chi connectivity index (χ1n) is 10.4. The van der Waals surface area contributed by atoms with Crippen LogP contribution in [0.5, 0.6) is 0 Å². The second-order valence-electron chi connectivity index (χ2n) is 8.17. The molecule has 3 heteroatoms. The summed E-state index contributed by atoms with van der Waals surface area (Å²) in [7, 11) is 0. The minimum Gasteiger partial charge on any atom is -0.387 e. The Kier molecular flexibility index (Phi) is 6.21. The Morgan fingerprint density at radius 3 is 2.67 bits per heavy atom. The quantitative estimate of drug-likeness (QED) is 0.779. The van der Waals surface area contributed by atoms with E-state index in [1.54, 1.807) is 0 Å². The van der Waals surface area contributed by atoms with E-state index in [-0.39, 0.29) is 6.04 Å². The summed E-state index contributed by atoms with van der Waals surface area (Å²) >= 11 is 1.95. The van der Waals surface area contributed by atoms with Crippen molar-refractivity contribution in [2.75, 3.05) is 18.8 Å². The molecular weight excluding hydrogens is 350 g/mol. The van der Waals surface area contributed by atoms with Gasteiger partial charge in [0.05, 0.1) is 6.10 Å². The molecule has 0 saturated carbocycles. The lowest BCUT2D eigenvalue weighted by atomic mass is 9.89. The van der Waals surface area contributed by atoms with E-state index < -0.39 is 6.10 Å². The van der Waals surface area contributed by atoms with E-state index in [1.165, 1.54) is 47.5 Å². The van der Waals surface area contributed by atoms with Gasteiger partial charge in [0.1, 0.15) is 0 Å². The van der Waals surface area contributed by atoms with Crippen molar-refractivity contribution in [2.24, 2.45) is 5.92 Å². The largest absolute Gasteiger partial charge is 0.387 e. The molecule has 1 N–H and O–H groups in total. The van der Waals surface area contributed by atoms with Crippen LogP contribution in [0, 0.1) is 5.92 Å². The number of nitrogens with zero attached hydrogens (tertiary/aromatic N) is 1. The van der Waals surface area contributed by atoms with Gasteiger partial charge in [0.15, 0.2) is 0 Å². The van der Waals surface area contributed by atoms with Gasteiger partial charge >= 0.3 is 0 Å². The Hall–Kier alpha value is -1.29. The number of likely N-dealkylation sites (tertiary alicyclic amines) is 1. The molecule has 4 rings (SSSR count). The highest BCUT2D eigenvalue weighted by atomic mass is 32.2. The molecular formula is C24H31NOS. The summed E-state index contributed by atoms with van der Waals surface area (Å²) in [6.45, 7) is 4.38. The van der Waals surface area contributed by atoms with E-state index >= 15 is 0 Å². The Balaban J connectivity index is 1.34. The zero-order valence-electron chi connectivity index (χ0n) is 16.3. The molecule has 0 spiro atoms. The van der Waals surface area contributed by atoms with Crippen LogP contribution in [-0.4, -0.2) is 34.9 Å². The molecule has 2 heterocycles. The van der Waals surface area contributed by atoms with E-state index in [2.05, 4.69) is 60.4 Å². The van der Waals surface area contributed by atoms with Crippen LogP contribution in [0.3, 0.4) is 0 Å². The Morgan fingerprint density at radius 2 is 1.89 bits per heavy atom. The van der Waals surface area contributed by atoms with Crippen LogP contribution in [0.4, 0.5) is 0 Å². The summed E-state index contributed by atoms with van der Waals surface area (Å²) in [6, 6.07) is 17.6. The first kappa shape index (κ1) is 19.0. The number of hydrogen-bond acceptors (Lipinski definition) is 3. The van der Waals surface area contributed by atoms with Gasteiger partial charge in [-0.2, -0.15) is 0 Å². The number of aliphatic hydroxyl groups excluding tert-OH is 1. The van der Waals surface area contributed by atoms with Gasteiger partial charge in [-0.15, -0.1) is 11.8 Å². The lowest BCUT2D eigenvalue weighted by Gasteiger charge is -2.38. The third-order valence-corrected chi connectivity index (χ3v) is 7.53. The first-order chi connectivity index (χ1) is 13.2. The molecule has 1 fully saturated rings. The molecule has 0 radical (unpaired) electrons. The van der Waals surface area contributed by atoms with Crippen molar-refractivity contribution in [1.29, 1.82) is 0 Å². The number of aliphatic hydroxyl groups is 1. The number of aryl methyl sites for hydroxylation is 1. The molecule has 2 aliphatic heterocycles. The average Bonchev–Trinajstić information content (AvgIpc) is 2.73. The van der Waals surface area contributed by atoms with Crippen molar-refractivity contribution in [3.63, 3.8) is 0 Å². The molecule has 0 aromatic heterocycles. The molecule has 1 saturated heterocycles. The van der Waals surface area contributed by atoms with E-state index in [0.717, 1.165) is 31.0 Å². The third kappa shape index (κ3) is 4.59. The summed E-state index contributed by atoms with van der Waals surface area (Å²) in [5.74, 6) is 2.00. The molecule has 27 heavy (non-hydrogen) atoms. The normalized spacial score (nSPS) is 20.8. The monoisotopic (exact) mass is 381 g/mol. The molecule has 0 bridgehead atoms. The minimum atomic E-state index is -0.395. The maximum Gasteiger partial charge on any atom is 0.0942 e. The molecule has 2 unspecified atom stereocenters. The third-order valence-electron chi connectivity index (χ3n) is 6.32. The highest BCUT2D eigenvalue weighted by Crippen LogP contribution is 2.33. The topological polar surface area (TPSA) is 23.5 Å². The van der Waals surface area contributed by atoms with Crippen LogP contribution in [0.15, 0.2) is 53.4 Å². The van der Waals surface area contributed by atoms with Crippen molar-refractivity contribution in [2.45, 2.75) is 56.1 Å². The number of hydrogen-bond donors (Lipinski definition) is 1. The van der Waals surface area contributed by atoms with Crippen LogP contribution >= 0.6 is 11.8 Å². The number of fused-ring (bicyclic) bond motifs is 1. The van der Waals surface area contributed by atoms with Gasteiger partial charge in [-0.25, -0.2) is 0 Å². The highest BCUT2D eigenvalue weighted by molar-refractivity contribution is 7.99. The lowest BCUT2D eigenvalue weighted by molar-refractivity contribution is 0.0373. The molecule has 0 amide bonds. The van der Waals surface area contributed by atoms with Crippen molar-refractivity contribution >= 4 is 11.8 Å². The Labute approximate surface area is 168 Å². The number of piperidine rings is 1. The standard InChI is InChI=1S/C24H31NOS/c1-18(24(26)22-9-10-23-21(17-22)8-5-15-27-23)25-13-11-20(12-14-25)16-19-6-3-2-4-7-19/h2-4,6-7,9-10,17-18,20,24,26H,5,8,11-16H2,1H3. The maximum absolute atomic E-state index is 11.0. The van der Waals surface area contributed by atoms with E-state index in [4.69, 9.17) is 0 Å². The van der Waals surface area contributed by atoms with Crippen LogP contribution in [-0.2, 0) is 12.8 Å². The number of rotatable bonds is 5. The van der Waals surface area contributed by atoms with Gasteiger partial charge in [0, 0.05) is 10.9 Å². The molecule has 0 aliphatic carbocycles. The lowest BCUT2D eigenvalue weighted by Crippen LogP contribution is -2.43. The second-order valence-corrected chi connectivity index (χ2v) is 9.31. The smallest absolute Gasteiger partial charge is 0.0942 e. The van der Waals surface area contributed by atoms with Crippen molar-refractivity contribution in [3.05, 3.63) is 65.2 Å². The van der Waals surface area contributed by atoms with Crippen molar-refractivity contribution in [3.8, 4) is 0 Å². The average molecular weight is 382 g/mol. The Morgan fingerprint density at radius 1 is 1.11 bits per heavy atom. The van der Waals surface area contributed by atoms with E-state index in [1.807, 2.05) is 11.8 Å². The van der Waals surface area contributed by atoms with Gasteiger partial charge < -0.3 is 5.11 Å². The summed E-state index contributed by atoms with van der Waals surface area (Å²) in [6.07, 6.45) is 5.66. The summed E-state index contributed by atoms with van der Waals surface area (Å²) in [4.78, 5) is 3.90. The van der Waals surface area contributed by atoms with Crippen LogP contribution in [0.1, 0.15) is 49.0 Å². The molecule has 144 valence electrons. The molecule has 2 aromatic rings. The molecule has 2 aliphatic rings. The van der Waals surface area contributed by atoms with Gasteiger partial charge in [0.2, 0.25) is 0 Å². The zero-order chi connectivity index (χ0) is 18.6. The maximum atomic E-state index is 11.0. The van der Waals surface area contributed by atoms with E-state index in [0.29, 0.717) is 0 Å². The fourth-order valence-corrected chi connectivity index (χ4v) is 5.57. The first-order valence-corrected chi connectivity index (χ1v) is 11.4. The fraction of sp³-hybridized carbons (Fsp3) is 0.500. The van der Waals surface area contributed by atoms with E-state index in [9.17, 15) is 5.11 Å². The summed E-state index contributed by atoms with van der Waals surface area (Å²) in [5, 5.41) is 11.0. The summed E-state index contributed by atoms with van der Waals surface area (Å²) < 4.78 is 0. The number of thioether (sulfide) groups is 1. The highest BCUT2D eigenvalue weighted by Gasteiger charge is 2.28. The van der Waals surface area contributed by atoms with Crippen LogP contribution in [0.25, 0.3) is 0 Å². The summed E-state index contributed by atoms with van der Waals surface area (Å²) in [5.41, 5.74) is 3.97. The number of benzene rings is 2. The predicted molar refractivity (Wildman–Crippen MR) is 114 cm³/mol. The molecule has 2 nitrogen and oxygen atoms in total. The molecule has 2 aromatic carbocycles.